The second-order valence-electron chi connectivity index (χ2n) is 9.16. The topological polar surface area (TPSA) is 92.4 Å². The van der Waals surface area contributed by atoms with Crippen LogP contribution in [0.15, 0.2) is 76.0 Å². The summed E-state index contributed by atoms with van der Waals surface area (Å²) in [5, 5.41) is 15.9. The summed E-state index contributed by atoms with van der Waals surface area (Å²) < 4.78 is 2.36. The highest BCUT2D eigenvalue weighted by Gasteiger charge is 2.09. The fourth-order valence-electron chi connectivity index (χ4n) is 3.23. The smallest absolute Gasteiger partial charge is 0.414 e. The molecule has 7 heteroatoms. The van der Waals surface area contributed by atoms with E-state index in [2.05, 4.69) is 94.7 Å². The number of aromatic nitrogens is 2. The quantitative estimate of drug-likeness (QED) is 0.182. The lowest BCUT2D eigenvalue weighted by atomic mass is 10.1. The van der Waals surface area contributed by atoms with E-state index in [1.165, 1.54) is 27.8 Å². The predicted molar refractivity (Wildman–Crippen MR) is 151 cm³/mol. The second kappa shape index (κ2) is 16.6. The molecule has 0 radical (unpaired) electrons. The molecule has 1 aromatic carbocycles. The van der Waals surface area contributed by atoms with E-state index in [0.717, 1.165) is 48.7 Å². The summed E-state index contributed by atoms with van der Waals surface area (Å²) in [6.45, 7) is 14.0. The van der Waals surface area contributed by atoms with Gasteiger partial charge in [0, 0.05) is 12.3 Å². The molecule has 0 fully saturated rings. The van der Waals surface area contributed by atoms with Crippen molar-refractivity contribution >= 4 is 34.7 Å². The van der Waals surface area contributed by atoms with Crippen LogP contribution in [-0.4, -0.2) is 37.5 Å². The maximum Gasteiger partial charge on any atom is 0.414 e. The number of rotatable bonds is 11. The molecule has 0 atom stereocenters. The lowest BCUT2D eigenvalue weighted by Crippen LogP contribution is -2.09. The molecule has 0 unspecified atom stereocenters. The Morgan fingerprint density at radius 3 is 1.89 bits per heavy atom. The van der Waals surface area contributed by atoms with Crippen LogP contribution in [0.5, 0.6) is 0 Å². The zero-order valence-corrected chi connectivity index (χ0v) is 23.2. The number of imidazole rings is 1. The number of aliphatic carboxylic acids is 2. The molecular weight excluding hydrogens is 472 g/mol. The highest BCUT2D eigenvalue weighted by molar-refractivity contribution is 7.99. The van der Waals surface area contributed by atoms with E-state index < -0.39 is 11.9 Å². The molecular formula is C29H40N2O4S. The van der Waals surface area contributed by atoms with Gasteiger partial charge in [0.1, 0.15) is 0 Å². The number of carbonyl (C=O) groups is 2. The van der Waals surface area contributed by atoms with Crippen molar-refractivity contribution in [2.45, 2.75) is 78.9 Å². The zero-order chi connectivity index (χ0) is 27.1. The molecule has 1 aromatic heterocycles. The van der Waals surface area contributed by atoms with Gasteiger partial charge in [-0.1, -0.05) is 70.5 Å². The summed E-state index contributed by atoms with van der Waals surface area (Å²) in [5.74, 6) is -2.68. The number of carboxylic acid groups (broad SMARTS) is 2. The number of para-hydroxylation sites is 2. The minimum atomic E-state index is -1.82. The van der Waals surface area contributed by atoms with Gasteiger partial charge in [-0.05, 0) is 79.4 Å². The minimum Gasteiger partial charge on any atom is -0.473 e. The number of carboxylic acids is 2. The van der Waals surface area contributed by atoms with Gasteiger partial charge in [-0.3, -0.25) is 0 Å². The molecule has 196 valence electrons. The van der Waals surface area contributed by atoms with Gasteiger partial charge in [0.25, 0.3) is 0 Å². The summed E-state index contributed by atoms with van der Waals surface area (Å²) in [6, 6.07) is 8.47. The lowest BCUT2D eigenvalue weighted by Gasteiger charge is -2.07. The van der Waals surface area contributed by atoms with E-state index in [-0.39, 0.29) is 0 Å². The van der Waals surface area contributed by atoms with Gasteiger partial charge in [0.2, 0.25) is 0 Å². The Hall–Kier alpha value is -3.06. The van der Waals surface area contributed by atoms with Crippen molar-refractivity contribution in [3.05, 3.63) is 70.9 Å². The molecule has 0 saturated heterocycles. The van der Waals surface area contributed by atoms with Crippen LogP contribution in [0.4, 0.5) is 0 Å². The normalized spacial score (nSPS) is 11.5. The summed E-state index contributed by atoms with van der Waals surface area (Å²) in [5.41, 5.74) is 7.99. The van der Waals surface area contributed by atoms with Crippen molar-refractivity contribution in [2.24, 2.45) is 0 Å². The Labute approximate surface area is 219 Å². The highest BCUT2D eigenvalue weighted by atomic mass is 32.2. The van der Waals surface area contributed by atoms with Gasteiger partial charge < -0.3 is 14.8 Å². The van der Waals surface area contributed by atoms with Crippen molar-refractivity contribution < 1.29 is 19.8 Å². The number of fused-ring (bicyclic) bond motifs is 1. The van der Waals surface area contributed by atoms with Gasteiger partial charge >= 0.3 is 11.9 Å². The Kier molecular flexibility index (Phi) is 14.3. The standard InChI is InChI=1S/C27H38N2S.C2H2O4/c1-21(2)11-9-13-23(5)17-19-29-26-16-8-7-15-25(26)28-27(29)30-20-18-24(6)14-10-12-22(3)4;3-1(4)2(5)6/h7-8,11-12,15-18H,9-10,13-14,19-20H2,1-6H3;(H,3,4)(H,5,6). The fraction of sp³-hybridized carbons (Fsp3) is 0.414. The predicted octanol–water partition coefficient (Wildman–Crippen LogP) is 7.67. The summed E-state index contributed by atoms with van der Waals surface area (Å²) >= 11 is 1.84. The number of nitrogens with zero attached hydrogens (tertiary/aromatic N) is 2. The first kappa shape index (κ1) is 31.0. The second-order valence-corrected chi connectivity index (χ2v) is 10.1. The largest absolute Gasteiger partial charge is 0.473 e. The maximum absolute atomic E-state index is 9.10. The maximum atomic E-state index is 9.10. The van der Waals surface area contributed by atoms with Gasteiger partial charge in [-0.25, -0.2) is 14.6 Å². The third-order valence-electron chi connectivity index (χ3n) is 5.25. The van der Waals surface area contributed by atoms with Crippen molar-refractivity contribution in [3.63, 3.8) is 0 Å². The van der Waals surface area contributed by atoms with Crippen LogP contribution in [0.3, 0.4) is 0 Å². The molecule has 0 aliphatic rings. The zero-order valence-electron chi connectivity index (χ0n) is 22.4. The fourth-order valence-corrected chi connectivity index (χ4v) is 4.24. The SMILES string of the molecule is CC(C)=CCCC(C)=CCSc1nc2ccccc2n1CC=C(C)CCC=C(C)C.O=C(O)C(=O)O. The highest BCUT2D eigenvalue weighted by Crippen LogP contribution is 2.25. The third-order valence-corrected chi connectivity index (χ3v) is 6.15. The molecule has 36 heavy (non-hydrogen) atoms. The lowest BCUT2D eigenvalue weighted by molar-refractivity contribution is -0.159. The van der Waals surface area contributed by atoms with E-state index in [0.29, 0.717) is 0 Å². The van der Waals surface area contributed by atoms with Crippen LogP contribution in [0.25, 0.3) is 11.0 Å². The number of thioether (sulfide) groups is 1. The average Bonchev–Trinajstić information content (AvgIpc) is 3.14. The van der Waals surface area contributed by atoms with Gasteiger partial charge in [0.05, 0.1) is 11.0 Å². The van der Waals surface area contributed by atoms with Crippen molar-refractivity contribution in [1.29, 1.82) is 0 Å². The van der Waals surface area contributed by atoms with Gasteiger partial charge in [-0.15, -0.1) is 0 Å². The Morgan fingerprint density at radius 1 is 0.833 bits per heavy atom. The monoisotopic (exact) mass is 512 g/mol. The molecule has 0 aliphatic carbocycles. The Morgan fingerprint density at radius 2 is 1.36 bits per heavy atom. The molecule has 1 heterocycles. The van der Waals surface area contributed by atoms with Crippen LogP contribution >= 0.6 is 11.8 Å². The first-order valence-electron chi connectivity index (χ1n) is 12.1. The Bertz CT molecular complexity index is 1120. The molecule has 0 spiro atoms. The number of allylic oxidation sites excluding steroid dienone is 7. The third kappa shape index (κ3) is 12.6. The van der Waals surface area contributed by atoms with Crippen LogP contribution in [-0.2, 0) is 16.1 Å². The van der Waals surface area contributed by atoms with E-state index in [1.807, 2.05) is 11.8 Å². The van der Waals surface area contributed by atoms with Gasteiger partial charge in [0.15, 0.2) is 5.16 Å². The summed E-state index contributed by atoms with van der Waals surface area (Å²) in [4.78, 5) is 23.1. The summed E-state index contributed by atoms with van der Waals surface area (Å²) in [7, 11) is 0. The van der Waals surface area contributed by atoms with Crippen molar-refractivity contribution in [1.82, 2.24) is 9.55 Å². The number of benzene rings is 1. The van der Waals surface area contributed by atoms with Crippen LogP contribution in [0, 0.1) is 0 Å². The first-order chi connectivity index (χ1) is 17.0. The first-order valence-corrected chi connectivity index (χ1v) is 13.1. The van der Waals surface area contributed by atoms with E-state index in [4.69, 9.17) is 24.8 Å². The summed E-state index contributed by atoms with van der Waals surface area (Å²) in [6.07, 6.45) is 13.8. The molecule has 0 saturated carbocycles. The minimum absolute atomic E-state index is 0.882. The van der Waals surface area contributed by atoms with E-state index >= 15 is 0 Å². The average molecular weight is 513 g/mol. The molecule has 0 aliphatic heterocycles. The van der Waals surface area contributed by atoms with Crippen molar-refractivity contribution in [2.75, 3.05) is 5.75 Å². The van der Waals surface area contributed by atoms with Crippen LogP contribution in [0.1, 0.15) is 67.2 Å². The molecule has 2 N–H and O–H groups in total. The number of hydrogen-bond donors (Lipinski definition) is 2. The molecule has 2 aromatic rings. The van der Waals surface area contributed by atoms with Crippen LogP contribution < -0.4 is 0 Å². The van der Waals surface area contributed by atoms with Gasteiger partial charge in [-0.2, -0.15) is 0 Å². The van der Waals surface area contributed by atoms with E-state index in [1.54, 1.807) is 0 Å². The molecule has 0 bridgehead atoms. The molecule has 6 nitrogen and oxygen atoms in total. The molecule has 0 amide bonds. The van der Waals surface area contributed by atoms with Crippen LogP contribution in [0.2, 0.25) is 0 Å². The van der Waals surface area contributed by atoms with Crippen molar-refractivity contribution in [3.8, 4) is 0 Å². The van der Waals surface area contributed by atoms with E-state index in [9.17, 15) is 0 Å². The number of hydrogen-bond acceptors (Lipinski definition) is 4. The molecule has 2 rings (SSSR count). The Balaban J connectivity index is 0.000000960.